The van der Waals surface area contributed by atoms with Crippen molar-refractivity contribution in [2.24, 2.45) is 0 Å². The van der Waals surface area contributed by atoms with Gasteiger partial charge in [0.05, 0.1) is 12.7 Å². The zero-order valence-corrected chi connectivity index (χ0v) is 22.7. The molecule has 1 saturated carbocycles. The van der Waals surface area contributed by atoms with Crippen LogP contribution in [0.3, 0.4) is 0 Å². The molecule has 0 radical (unpaired) electrons. The van der Waals surface area contributed by atoms with Crippen molar-refractivity contribution in [2.75, 3.05) is 33.9 Å². The molecule has 200 valence electrons. The van der Waals surface area contributed by atoms with E-state index >= 15 is 0 Å². The van der Waals surface area contributed by atoms with Crippen molar-refractivity contribution in [3.8, 4) is 5.75 Å². The number of piperidine rings is 1. The minimum atomic E-state index is -0.306. The van der Waals surface area contributed by atoms with Crippen LogP contribution in [-0.4, -0.2) is 56.3 Å². The van der Waals surface area contributed by atoms with Crippen LogP contribution in [0.25, 0.3) is 0 Å². The molecule has 0 bridgehead atoms. The van der Waals surface area contributed by atoms with E-state index in [1.54, 1.807) is 7.11 Å². The van der Waals surface area contributed by atoms with Gasteiger partial charge in [-0.1, -0.05) is 55.0 Å². The lowest BCUT2D eigenvalue weighted by atomic mass is 9.55. The number of ether oxygens (including phenoxy) is 2. The standard InChI is InChI=1S/C32H44N2O3/c1-4-21-34-22-20-31(27-15-11-16-29(23-27)36-2)24-28(18-19-32(31,25-34)37-3)33-30(35)17-10-6-9-14-26-12-7-5-8-13-26/h4-5,7-8,11-13,15-16,23,28H,1,6,9-10,14,17-22,24-25H2,2-3H3,(H,33,35). The summed E-state index contributed by atoms with van der Waals surface area (Å²) < 4.78 is 12.0. The molecule has 1 heterocycles. The number of carbonyl (C=O) groups excluding carboxylic acids is 1. The van der Waals surface area contributed by atoms with Gasteiger partial charge in [0.1, 0.15) is 5.75 Å². The number of fused-ring (bicyclic) bond motifs is 1. The molecule has 37 heavy (non-hydrogen) atoms. The Balaban J connectivity index is 1.41. The Kier molecular flexibility index (Phi) is 9.44. The molecule has 2 aliphatic rings. The van der Waals surface area contributed by atoms with E-state index < -0.39 is 0 Å². The number of rotatable bonds is 12. The van der Waals surface area contributed by atoms with Gasteiger partial charge in [-0.3, -0.25) is 9.69 Å². The van der Waals surface area contributed by atoms with Crippen LogP contribution in [0.5, 0.6) is 5.75 Å². The van der Waals surface area contributed by atoms with Crippen molar-refractivity contribution in [1.29, 1.82) is 0 Å². The molecule has 2 fully saturated rings. The van der Waals surface area contributed by atoms with Crippen molar-refractivity contribution in [3.63, 3.8) is 0 Å². The lowest BCUT2D eigenvalue weighted by molar-refractivity contribution is -0.149. The van der Waals surface area contributed by atoms with Crippen molar-refractivity contribution >= 4 is 5.91 Å². The second-order valence-corrected chi connectivity index (χ2v) is 10.8. The monoisotopic (exact) mass is 504 g/mol. The predicted molar refractivity (Wildman–Crippen MR) is 150 cm³/mol. The van der Waals surface area contributed by atoms with Crippen molar-refractivity contribution in [3.05, 3.63) is 78.4 Å². The SMILES string of the molecule is C=CCN1CCC2(c3cccc(OC)c3)CC(NC(=O)CCCCCc3ccccc3)CCC2(OC)C1. The Morgan fingerprint density at radius 1 is 1.11 bits per heavy atom. The highest BCUT2D eigenvalue weighted by Crippen LogP contribution is 2.53. The summed E-state index contributed by atoms with van der Waals surface area (Å²) in [6.07, 6.45) is 10.5. The quantitative estimate of drug-likeness (QED) is 0.298. The highest BCUT2D eigenvalue weighted by Gasteiger charge is 2.58. The molecule has 3 unspecified atom stereocenters. The molecule has 5 nitrogen and oxygen atoms in total. The van der Waals surface area contributed by atoms with E-state index in [2.05, 4.69) is 65.3 Å². The molecule has 0 spiro atoms. The summed E-state index contributed by atoms with van der Waals surface area (Å²) in [6, 6.07) is 19.2. The first-order valence-corrected chi connectivity index (χ1v) is 13.9. The van der Waals surface area contributed by atoms with Gasteiger partial charge in [0.25, 0.3) is 0 Å². The molecule has 2 aromatic rings. The van der Waals surface area contributed by atoms with Gasteiger partial charge in [-0.2, -0.15) is 0 Å². The average molecular weight is 505 g/mol. The number of hydrogen-bond acceptors (Lipinski definition) is 4. The Morgan fingerprint density at radius 2 is 1.95 bits per heavy atom. The highest BCUT2D eigenvalue weighted by molar-refractivity contribution is 5.76. The molecular weight excluding hydrogens is 460 g/mol. The van der Waals surface area contributed by atoms with Crippen LogP contribution < -0.4 is 10.1 Å². The Hall–Kier alpha value is -2.63. The van der Waals surface area contributed by atoms with Crippen LogP contribution in [0.1, 0.15) is 62.5 Å². The van der Waals surface area contributed by atoms with Crippen LogP contribution in [0, 0.1) is 0 Å². The third-order valence-corrected chi connectivity index (χ3v) is 8.68. The van der Waals surface area contributed by atoms with Gasteiger partial charge in [-0.15, -0.1) is 6.58 Å². The first kappa shape index (κ1) is 27.4. The molecule has 0 aromatic heterocycles. The number of amides is 1. The van der Waals surface area contributed by atoms with Gasteiger partial charge < -0.3 is 14.8 Å². The zero-order chi connectivity index (χ0) is 26.1. The van der Waals surface area contributed by atoms with E-state index in [1.165, 1.54) is 11.1 Å². The van der Waals surface area contributed by atoms with E-state index in [0.29, 0.717) is 6.42 Å². The lowest BCUT2D eigenvalue weighted by Gasteiger charge is -2.59. The largest absolute Gasteiger partial charge is 0.497 e. The molecular formula is C32H44N2O3. The van der Waals surface area contributed by atoms with Crippen molar-refractivity contribution in [1.82, 2.24) is 10.2 Å². The summed E-state index contributed by atoms with van der Waals surface area (Å²) in [6.45, 7) is 6.67. The van der Waals surface area contributed by atoms with Gasteiger partial charge in [0.2, 0.25) is 5.91 Å². The Morgan fingerprint density at radius 3 is 2.70 bits per heavy atom. The van der Waals surface area contributed by atoms with Crippen LogP contribution in [0.4, 0.5) is 0 Å². The number of benzene rings is 2. The fourth-order valence-electron chi connectivity index (χ4n) is 6.71. The van der Waals surface area contributed by atoms with Gasteiger partial charge >= 0.3 is 0 Å². The topological polar surface area (TPSA) is 50.8 Å². The van der Waals surface area contributed by atoms with Gasteiger partial charge in [0, 0.05) is 38.1 Å². The smallest absolute Gasteiger partial charge is 0.220 e. The van der Waals surface area contributed by atoms with E-state index in [4.69, 9.17) is 9.47 Å². The molecule has 3 atom stereocenters. The van der Waals surface area contributed by atoms with Crippen molar-refractivity contribution < 1.29 is 14.3 Å². The average Bonchev–Trinajstić information content (AvgIpc) is 2.93. The summed E-state index contributed by atoms with van der Waals surface area (Å²) in [5.74, 6) is 1.05. The molecule has 1 aliphatic heterocycles. The van der Waals surface area contributed by atoms with Crippen LogP contribution in [0.2, 0.25) is 0 Å². The third kappa shape index (κ3) is 6.27. The molecule has 2 aromatic carbocycles. The van der Waals surface area contributed by atoms with E-state index in [1.807, 2.05) is 19.3 Å². The maximum absolute atomic E-state index is 13.0. The van der Waals surface area contributed by atoms with Crippen molar-refractivity contribution in [2.45, 2.75) is 74.8 Å². The summed E-state index contributed by atoms with van der Waals surface area (Å²) >= 11 is 0. The molecule has 1 amide bonds. The first-order valence-electron chi connectivity index (χ1n) is 13.9. The molecule has 1 saturated heterocycles. The predicted octanol–water partition coefficient (Wildman–Crippen LogP) is 5.68. The Bertz CT molecular complexity index is 1030. The maximum atomic E-state index is 13.0. The number of likely N-dealkylation sites (tertiary alicyclic amines) is 1. The summed E-state index contributed by atoms with van der Waals surface area (Å²) in [5.41, 5.74) is 2.14. The molecule has 1 aliphatic carbocycles. The number of carbonyl (C=O) groups is 1. The number of unbranched alkanes of at least 4 members (excludes halogenated alkanes) is 2. The first-order chi connectivity index (χ1) is 18.0. The fraction of sp³-hybridized carbons (Fsp3) is 0.531. The summed E-state index contributed by atoms with van der Waals surface area (Å²) in [4.78, 5) is 15.4. The van der Waals surface area contributed by atoms with Crippen LogP contribution in [-0.2, 0) is 21.4 Å². The summed E-state index contributed by atoms with van der Waals surface area (Å²) in [7, 11) is 3.58. The van der Waals surface area contributed by atoms with Crippen LogP contribution in [0.15, 0.2) is 67.3 Å². The Labute approximate surface area is 223 Å². The fourth-order valence-corrected chi connectivity index (χ4v) is 6.71. The third-order valence-electron chi connectivity index (χ3n) is 8.68. The number of nitrogens with one attached hydrogen (secondary N) is 1. The maximum Gasteiger partial charge on any atom is 0.220 e. The minimum absolute atomic E-state index is 0.150. The number of hydrogen-bond donors (Lipinski definition) is 1. The summed E-state index contributed by atoms with van der Waals surface area (Å²) in [5, 5.41) is 3.41. The molecule has 4 rings (SSSR count). The lowest BCUT2D eigenvalue weighted by Crippen LogP contribution is -2.67. The number of aryl methyl sites for hydroxylation is 1. The van der Waals surface area contributed by atoms with Crippen LogP contribution >= 0.6 is 0 Å². The van der Waals surface area contributed by atoms with Gasteiger partial charge in [0.15, 0.2) is 0 Å². The highest BCUT2D eigenvalue weighted by atomic mass is 16.5. The molecule has 5 heteroatoms. The van der Waals surface area contributed by atoms with E-state index in [-0.39, 0.29) is 23.0 Å². The number of methoxy groups -OCH3 is 2. The molecule has 1 N–H and O–H groups in total. The zero-order valence-electron chi connectivity index (χ0n) is 22.7. The normalized spacial score (nSPS) is 25.7. The van der Waals surface area contributed by atoms with Gasteiger partial charge in [-0.25, -0.2) is 0 Å². The van der Waals surface area contributed by atoms with E-state index in [0.717, 1.165) is 76.8 Å². The number of nitrogens with zero attached hydrogens (tertiary/aromatic N) is 1. The minimum Gasteiger partial charge on any atom is -0.497 e. The second kappa shape index (κ2) is 12.7. The van der Waals surface area contributed by atoms with E-state index in [9.17, 15) is 4.79 Å². The van der Waals surface area contributed by atoms with Gasteiger partial charge in [-0.05, 0) is 74.8 Å². The second-order valence-electron chi connectivity index (χ2n) is 10.8.